The van der Waals surface area contributed by atoms with Gasteiger partial charge in [0, 0.05) is 22.9 Å². The molecule has 1 heterocycles. The summed E-state index contributed by atoms with van der Waals surface area (Å²) in [6, 6.07) is 4.31. The van der Waals surface area contributed by atoms with Crippen LogP contribution in [0.25, 0.3) is 0 Å². The molecular formula is C12H10BrCl2N3. The molecule has 6 heteroatoms. The summed E-state index contributed by atoms with van der Waals surface area (Å²) in [7, 11) is 0. The molecule has 1 saturated carbocycles. The number of nitrogens with one attached hydrogen (secondary N) is 1. The summed E-state index contributed by atoms with van der Waals surface area (Å²) < 4.78 is 2.91. The van der Waals surface area contributed by atoms with Crippen LogP contribution in [0, 0.1) is 0 Å². The van der Waals surface area contributed by atoms with Crippen LogP contribution in [0.5, 0.6) is 0 Å². The molecule has 1 N–H and O–H groups in total. The molecule has 1 aliphatic rings. The summed E-state index contributed by atoms with van der Waals surface area (Å²) in [5.41, 5.74) is 0.762. The number of benzene rings is 1. The van der Waals surface area contributed by atoms with Gasteiger partial charge in [-0.05, 0) is 40.9 Å². The topological polar surface area (TPSA) is 29.9 Å². The molecule has 0 bridgehead atoms. The van der Waals surface area contributed by atoms with Gasteiger partial charge in [0.05, 0.1) is 15.7 Å². The fourth-order valence-corrected chi connectivity index (χ4v) is 2.62. The molecule has 1 aromatic heterocycles. The lowest BCUT2D eigenvalue weighted by Crippen LogP contribution is -2.01. The lowest BCUT2D eigenvalue weighted by atomic mass is 10.3. The van der Waals surface area contributed by atoms with Crippen molar-refractivity contribution in [3.8, 4) is 0 Å². The average Bonchev–Trinajstić information content (AvgIpc) is 3.11. The normalized spacial score (nSPS) is 14.8. The molecule has 1 fully saturated rings. The van der Waals surface area contributed by atoms with Crippen LogP contribution in [-0.4, -0.2) is 9.55 Å². The highest BCUT2D eigenvalue weighted by atomic mass is 79.9. The zero-order valence-electron chi connectivity index (χ0n) is 9.33. The Labute approximate surface area is 123 Å². The van der Waals surface area contributed by atoms with Crippen LogP contribution in [0.2, 0.25) is 10.0 Å². The molecule has 0 atom stereocenters. The van der Waals surface area contributed by atoms with Gasteiger partial charge in [0.15, 0.2) is 0 Å². The minimum Gasteiger partial charge on any atom is -0.324 e. The number of nitrogens with zero attached hydrogens (tertiary/aromatic N) is 2. The average molecular weight is 347 g/mol. The van der Waals surface area contributed by atoms with Crippen LogP contribution in [0.1, 0.15) is 18.9 Å². The minimum atomic E-state index is 0.497. The van der Waals surface area contributed by atoms with Gasteiger partial charge >= 0.3 is 0 Å². The zero-order valence-corrected chi connectivity index (χ0v) is 12.4. The van der Waals surface area contributed by atoms with Gasteiger partial charge in [-0.25, -0.2) is 4.98 Å². The molecule has 3 nitrogen and oxygen atoms in total. The lowest BCUT2D eigenvalue weighted by Gasteiger charge is -2.11. The van der Waals surface area contributed by atoms with Crippen LogP contribution >= 0.6 is 39.1 Å². The maximum absolute atomic E-state index is 6.20. The summed E-state index contributed by atoms with van der Waals surface area (Å²) in [6.07, 6.45) is 6.18. The largest absolute Gasteiger partial charge is 0.324 e. The van der Waals surface area contributed by atoms with E-state index in [0.717, 1.165) is 16.1 Å². The highest BCUT2D eigenvalue weighted by Gasteiger charge is 2.25. The van der Waals surface area contributed by atoms with Crippen molar-refractivity contribution in [2.75, 3.05) is 5.32 Å². The van der Waals surface area contributed by atoms with Crippen LogP contribution in [0.3, 0.4) is 0 Å². The molecule has 0 aliphatic heterocycles. The van der Waals surface area contributed by atoms with Crippen LogP contribution in [0.15, 0.2) is 29.0 Å². The molecule has 2 aromatic rings. The molecule has 0 radical (unpaired) electrons. The number of rotatable bonds is 3. The van der Waals surface area contributed by atoms with Crippen LogP contribution < -0.4 is 5.32 Å². The van der Waals surface area contributed by atoms with E-state index in [1.165, 1.54) is 12.8 Å². The molecule has 1 aliphatic carbocycles. The second-order valence-electron chi connectivity index (χ2n) is 4.24. The zero-order chi connectivity index (χ0) is 12.7. The van der Waals surface area contributed by atoms with E-state index in [4.69, 9.17) is 23.2 Å². The third-order valence-electron chi connectivity index (χ3n) is 2.89. The van der Waals surface area contributed by atoms with Crippen molar-refractivity contribution in [3.63, 3.8) is 0 Å². The number of anilines is 2. The smallest absolute Gasteiger partial charge is 0.207 e. The van der Waals surface area contributed by atoms with Gasteiger partial charge in [-0.1, -0.05) is 23.2 Å². The summed E-state index contributed by atoms with van der Waals surface area (Å²) >= 11 is 15.6. The second kappa shape index (κ2) is 4.76. The third kappa shape index (κ3) is 2.25. The van der Waals surface area contributed by atoms with E-state index in [1.807, 2.05) is 18.3 Å². The summed E-state index contributed by atoms with van der Waals surface area (Å²) in [5, 5.41) is 4.23. The van der Waals surface area contributed by atoms with Gasteiger partial charge in [-0.15, -0.1) is 0 Å². The first-order valence-corrected chi connectivity index (χ1v) is 7.15. The fraction of sp³-hybridized carbons (Fsp3) is 0.250. The molecule has 0 amide bonds. The van der Waals surface area contributed by atoms with Crippen molar-refractivity contribution >= 4 is 50.8 Å². The molecule has 0 unspecified atom stereocenters. The molecule has 18 heavy (non-hydrogen) atoms. The fourth-order valence-electron chi connectivity index (χ4n) is 1.80. The highest BCUT2D eigenvalue weighted by Crippen LogP contribution is 2.40. The van der Waals surface area contributed by atoms with Crippen LogP contribution in [-0.2, 0) is 0 Å². The summed E-state index contributed by atoms with van der Waals surface area (Å²) in [4.78, 5) is 4.30. The van der Waals surface area contributed by atoms with Crippen molar-refractivity contribution in [1.82, 2.24) is 9.55 Å². The molecular weight excluding hydrogens is 337 g/mol. The Morgan fingerprint density at radius 2 is 2.06 bits per heavy atom. The van der Waals surface area contributed by atoms with E-state index < -0.39 is 0 Å². The minimum absolute atomic E-state index is 0.497. The van der Waals surface area contributed by atoms with Gasteiger partial charge in [-0.2, -0.15) is 0 Å². The molecule has 94 valence electrons. The third-order valence-corrected chi connectivity index (χ3v) is 4.66. The van der Waals surface area contributed by atoms with Gasteiger partial charge < -0.3 is 9.88 Å². The van der Waals surface area contributed by atoms with Crippen molar-refractivity contribution < 1.29 is 0 Å². The van der Waals surface area contributed by atoms with Gasteiger partial charge in [-0.3, -0.25) is 0 Å². The van der Waals surface area contributed by atoms with E-state index >= 15 is 0 Å². The van der Waals surface area contributed by atoms with Crippen molar-refractivity contribution in [2.45, 2.75) is 18.9 Å². The number of halogens is 3. The monoisotopic (exact) mass is 345 g/mol. The maximum Gasteiger partial charge on any atom is 0.207 e. The molecule has 0 spiro atoms. The van der Waals surface area contributed by atoms with Gasteiger partial charge in [0.25, 0.3) is 0 Å². The van der Waals surface area contributed by atoms with E-state index in [0.29, 0.717) is 16.1 Å². The SMILES string of the molecule is Clc1c(Br)ccc(Nc2nccn2C2CC2)c1Cl. The Bertz CT molecular complexity index is 593. The Hall–Kier alpha value is -0.710. The van der Waals surface area contributed by atoms with Crippen LogP contribution in [0.4, 0.5) is 11.6 Å². The van der Waals surface area contributed by atoms with E-state index in [9.17, 15) is 0 Å². The Balaban J connectivity index is 1.92. The standard InChI is InChI=1S/C12H10BrCl2N3/c13-8-3-4-9(11(15)10(8)14)17-12-16-5-6-18(12)7-1-2-7/h3-7H,1-2H2,(H,16,17). The summed E-state index contributed by atoms with van der Waals surface area (Å²) in [5.74, 6) is 0.804. The molecule has 0 saturated heterocycles. The second-order valence-corrected chi connectivity index (χ2v) is 5.85. The van der Waals surface area contributed by atoms with Crippen molar-refractivity contribution in [2.24, 2.45) is 0 Å². The first-order valence-electron chi connectivity index (χ1n) is 5.60. The Morgan fingerprint density at radius 1 is 1.28 bits per heavy atom. The quantitative estimate of drug-likeness (QED) is 0.790. The van der Waals surface area contributed by atoms with Crippen molar-refractivity contribution in [3.05, 3.63) is 39.0 Å². The van der Waals surface area contributed by atoms with Crippen molar-refractivity contribution in [1.29, 1.82) is 0 Å². The first kappa shape index (κ1) is 12.3. The number of aromatic nitrogens is 2. The van der Waals surface area contributed by atoms with E-state index in [-0.39, 0.29) is 0 Å². The number of hydrogen-bond acceptors (Lipinski definition) is 2. The maximum atomic E-state index is 6.20. The molecule has 1 aromatic carbocycles. The first-order chi connectivity index (χ1) is 8.66. The van der Waals surface area contributed by atoms with Gasteiger partial charge in [0.2, 0.25) is 5.95 Å². The Morgan fingerprint density at radius 3 is 2.78 bits per heavy atom. The number of hydrogen-bond donors (Lipinski definition) is 1. The van der Waals surface area contributed by atoms with E-state index in [2.05, 4.69) is 30.8 Å². The lowest BCUT2D eigenvalue weighted by molar-refractivity contribution is 0.751. The predicted molar refractivity (Wildman–Crippen MR) is 77.9 cm³/mol. The van der Waals surface area contributed by atoms with E-state index in [1.54, 1.807) is 6.20 Å². The van der Waals surface area contributed by atoms with Gasteiger partial charge in [0.1, 0.15) is 0 Å². The predicted octanol–water partition coefficient (Wildman–Crippen LogP) is 5.03. The highest BCUT2D eigenvalue weighted by molar-refractivity contribution is 9.10. The molecule has 3 rings (SSSR count). The summed E-state index contributed by atoms with van der Waals surface area (Å²) in [6.45, 7) is 0. The Kier molecular flexibility index (Phi) is 3.26. The number of imidazole rings is 1.